The number of aryl methyl sites for hydroxylation is 1. The SMILES string of the molecule is Cc1cc(N2OCCC2=O)ccc1Br. The minimum absolute atomic E-state index is 0.0201. The Kier molecular flexibility index (Phi) is 2.56. The summed E-state index contributed by atoms with van der Waals surface area (Å²) in [5.74, 6) is 0.0201. The maximum absolute atomic E-state index is 11.4. The molecule has 4 heteroatoms. The van der Waals surface area contributed by atoms with E-state index in [0.717, 1.165) is 15.7 Å². The zero-order valence-electron chi connectivity index (χ0n) is 7.79. The Morgan fingerprint density at radius 1 is 1.50 bits per heavy atom. The summed E-state index contributed by atoms with van der Waals surface area (Å²) < 4.78 is 1.04. The third-order valence-corrected chi connectivity index (χ3v) is 3.03. The van der Waals surface area contributed by atoms with Crippen molar-refractivity contribution in [1.29, 1.82) is 0 Å². The lowest BCUT2D eigenvalue weighted by atomic mass is 10.2. The number of carbonyl (C=O) groups is 1. The fourth-order valence-electron chi connectivity index (χ4n) is 1.37. The molecule has 1 aromatic carbocycles. The van der Waals surface area contributed by atoms with Crippen molar-refractivity contribution in [2.75, 3.05) is 11.7 Å². The van der Waals surface area contributed by atoms with Crippen LogP contribution in [0, 0.1) is 6.92 Å². The van der Waals surface area contributed by atoms with Gasteiger partial charge in [-0.1, -0.05) is 15.9 Å². The van der Waals surface area contributed by atoms with Gasteiger partial charge in [0.15, 0.2) is 0 Å². The van der Waals surface area contributed by atoms with Crippen molar-refractivity contribution in [3.05, 3.63) is 28.2 Å². The predicted octanol–water partition coefficient (Wildman–Crippen LogP) is 2.43. The Labute approximate surface area is 90.7 Å². The molecule has 1 aliphatic heterocycles. The van der Waals surface area contributed by atoms with Crippen molar-refractivity contribution >= 4 is 27.5 Å². The molecule has 1 amide bonds. The Hall–Kier alpha value is -0.870. The molecule has 3 nitrogen and oxygen atoms in total. The molecule has 0 atom stereocenters. The van der Waals surface area contributed by atoms with Crippen molar-refractivity contribution in [2.45, 2.75) is 13.3 Å². The summed E-state index contributed by atoms with van der Waals surface area (Å²) in [4.78, 5) is 16.6. The highest BCUT2D eigenvalue weighted by molar-refractivity contribution is 9.10. The van der Waals surface area contributed by atoms with Gasteiger partial charge < -0.3 is 0 Å². The second-order valence-electron chi connectivity index (χ2n) is 3.20. The fourth-order valence-corrected chi connectivity index (χ4v) is 1.62. The molecule has 0 spiro atoms. The van der Waals surface area contributed by atoms with E-state index in [1.54, 1.807) is 0 Å². The van der Waals surface area contributed by atoms with Crippen LogP contribution < -0.4 is 5.06 Å². The van der Waals surface area contributed by atoms with Gasteiger partial charge in [-0.15, -0.1) is 0 Å². The van der Waals surface area contributed by atoms with Gasteiger partial charge in [-0.25, -0.2) is 0 Å². The smallest absolute Gasteiger partial charge is 0.253 e. The summed E-state index contributed by atoms with van der Waals surface area (Å²) in [5.41, 5.74) is 1.89. The fraction of sp³-hybridized carbons (Fsp3) is 0.300. The minimum atomic E-state index is 0.0201. The van der Waals surface area contributed by atoms with Crippen molar-refractivity contribution < 1.29 is 9.63 Å². The largest absolute Gasteiger partial charge is 0.272 e. The van der Waals surface area contributed by atoms with Crippen LogP contribution in [0.2, 0.25) is 0 Å². The molecular formula is C10H10BrNO2. The number of anilines is 1. The van der Waals surface area contributed by atoms with Gasteiger partial charge in [-0.05, 0) is 30.7 Å². The summed E-state index contributed by atoms with van der Waals surface area (Å²) in [6.07, 6.45) is 0.467. The van der Waals surface area contributed by atoms with Crippen molar-refractivity contribution in [3.63, 3.8) is 0 Å². The van der Waals surface area contributed by atoms with Crippen LogP contribution in [0.3, 0.4) is 0 Å². The highest BCUT2D eigenvalue weighted by Crippen LogP contribution is 2.25. The van der Waals surface area contributed by atoms with Crippen LogP contribution in [-0.2, 0) is 9.63 Å². The van der Waals surface area contributed by atoms with Gasteiger partial charge in [-0.3, -0.25) is 9.63 Å². The molecule has 0 unspecified atom stereocenters. The molecule has 0 bridgehead atoms. The Morgan fingerprint density at radius 2 is 2.29 bits per heavy atom. The van der Waals surface area contributed by atoms with E-state index in [4.69, 9.17) is 4.84 Å². The number of benzene rings is 1. The Bertz CT molecular complexity index is 378. The highest BCUT2D eigenvalue weighted by atomic mass is 79.9. The summed E-state index contributed by atoms with van der Waals surface area (Å²) in [5, 5.41) is 1.36. The van der Waals surface area contributed by atoms with E-state index >= 15 is 0 Å². The van der Waals surface area contributed by atoms with Gasteiger partial charge in [0.25, 0.3) is 5.91 Å². The summed E-state index contributed by atoms with van der Waals surface area (Å²) in [6.45, 7) is 2.46. The lowest BCUT2D eigenvalue weighted by Crippen LogP contribution is -2.22. The predicted molar refractivity (Wildman–Crippen MR) is 56.9 cm³/mol. The van der Waals surface area contributed by atoms with Crippen molar-refractivity contribution in [1.82, 2.24) is 0 Å². The van der Waals surface area contributed by atoms with Crippen LogP contribution in [0.5, 0.6) is 0 Å². The monoisotopic (exact) mass is 255 g/mol. The summed E-state index contributed by atoms with van der Waals surface area (Å²) in [6, 6.07) is 5.70. The molecule has 1 heterocycles. The van der Waals surface area contributed by atoms with Crippen molar-refractivity contribution in [3.8, 4) is 0 Å². The van der Waals surface area contributed by atoms with E-state index < -0.39 is 0 Å². The number of halogens is 1. The first-order chi connectivity index (χ1) is 6.68. The average Bonchev–Trinajstić information content (AvgIpc) is 2.57. The molecule has 0 N–H and O–H groups in total. The maximum atomic E-state index is 11.4. The first kappa shape index (κ1) is 9.68. The van der Waals surface area contributed by atoms with E-state index in [2.05, 4.69) is 15.9 Å². The summed E-state index contributed by atoms with van der Waals surface area (Å²) >= 11 is 3.41. The molecular weight excluding hydrogens is 246 g/mol. The van der Waals surface area contributed by atoms with E-state index in [0.29, 0.717) is 13.0 Å². The number of amides is 1. The number of hydroxylamine groups is 1. The third kappa shape index (κ3) is 1.67. The van der Waals surface area contributed by atoms with Gasteiger partial charge in [-0.2, -0.15) is 5.06 Å². The average molecular weight is 256 g/mol. The first-order valence-corrected chi connectivity index (χ1v) is 5.20. The molecule has 1 fully saturated rings. The van der Waals surface area contributed by atoms with E-state index in [1.807, 2.05) is 25.1 Å². The molecule has 0 aliphatic carbocycles. The normalized spacial score (nSPS) is 16.4. The molecule has 14 heavy (non-hydrogen) atoms. The van der Waals surface area contributed by atoms with Gasteiger partial charge in [0.05, 0.1) is 18.7 Å². The number of hydrogen-bond donors (Lipinski definition) is 0. The molecule has 1 aromatic rings. The van der Waals surface area contributed by atoms with Crippen LogP contribution in [0.15, 0.2) is 22.7 Å². The second-order valence-corrected chi connectivity index (χ2v) is 4.06. The zero-order chi connectivity index (χ0) is 10.1. The van der Waals surface area contributed by atoms with Crippen LogP contribution in [-0.4, -0.2) is 12.5 Å². The molecule has 1 aliphatic rings. The van der Waals surface area contributed by atoms with E-state index in [1.165, 1.54) is 5.06 Å². The van der Waals surface area contributed by atoms with Gasteiger partial charge in [0.2, 0.25) is 0 Å². The van der Waals surface area contributed by atoms with Gasteiger partial charge >= 0.3 is 0 Å². The number of hydrogen-bond acceptors (Lipinski definition) is 2. The molecule has 1 saturated heterocycles. The number of carbonyl (C=O) groups excluding carboxylic acids is 1. The first-order valence-electron chi connectivity index (χ1n) is 4.40. The molecule has 0 saturated carbocycles. The van der Waals surface area contributed by atoms with E-state index in [9.17, 15) is 4.79 Å². The molecule has 74 valence electrons. The van der Waals surface area contributed by atoms with Crippen LogP contribution >= 0.6 is 15.9 Å². The Morgan fingerprint density at radius 3 is 2.86 bits per heavy atom. The lowest BCUT2D eigenvalue weighted by molar-refractivity contribution is -0.119. The summed E-state index contributed by atoms with van der Waals surface area (Å²) in [7, 11) is 0. The number of nitrogens with zero attached hydrogens (tertiary/aromatic N) is 1. The quantitative estimate of drug-likeness (QED) is 0.772. The van der Waals surface area contributed by atoms with Crippen LogP contribution in [0.25, 0.3) is 0 Å². The molecule has 2 rings (SSSR count). The highest BCUT2D eigenvalue weighted by Gasteiger charge is 2.23. The third-order valence-electron chi connectivity index (χ3n) is 2.14. The van der Waals surface area contributed by atoms with E-state index in [-0.39, 0.29) is 5.91 Å². The zero-order valence-corrected chi connectivity index (χ0v) is 9.37. The standard InChI is InChI=1S/C10H10BrNO2/c1-7-6-8(2-3-9(7)11)12-10(13)4-5-14-12/h2-3,6H,4-5H2,1H3. The van der Waals surface area contributed by atoms with Gasteiger partial charge in [0.1, 0.15) is 0 Å². The lowest BCUT2D eigenvalue weighted by Gasteiger charge is -2.14. The van der Waals surface area contributed by atoms with Gasteiger partial charge in [0, 0.05) is 4.47 Å². The van der Waals surface area contributed by atoms with Crippen molar-refractivity contribution in [2.24, 2.45) is 0 Å². The van der Waals surface area contributed by atoms with Crippen LogP contribution in [0.4, 0.5) is 5.69 Å². The molecule has 0 radical (unpaired) electrons. The minimum Gasteiger partial charge on any atom is -0.272 e. The second kappa shape index (κ2) is 3.71. The topological polar surface area (TPSA) is 29.5 Å². The Balaban J connectivity index is 2.32. The maximum Gasteiger partial charge on any atom is 0.253 e. The van der Waals surface area contributed by atoms with Crippen LogP contribution in [0.1, 0.15) is 12.0 Å². The number of rotatable bonds is 1. The molecule has 0 aromatic heterocycles.